The molecule has 0 saturated carbocycles. The summed E-state index contributed by atoms with van der Waals surface area (Å²) in [6.07, 6.45) is -0.973. The Morgan fingerprint density at radius 2 is 1.69 bits per heavy atom. The van der Waals surface area contributed by atoms with Crippen molar-refractivity contribution in [1.29, 1.82) is 0 Å². The quantitative estimate of drug-likeness (QED) is 0.581. The monoisotopic (exact) mass is 485 g/mol. The van der Waals surface area contributed by atoms with Gasteiger partial charge >= 0.3 is 6.09 Å². The third kappa shape index (κ3) is 6.11. The van der Waals surface area contributed by atoms with Crippen LogP contribution in [0.25, 0.3) is 0 Å². The van der Waals surface area contributed by atoms with Gasteiger partial charge in [-0.25, -0.2) is 21.9 Å². The molecule has 2 aromatic rings. The standard InChI is InChI=1S/C20H21BrFNO5S/c1-20(2,3)28-19(25)23(4)29(26,27)12-13-5-10-16(17(21)11-13)18(24)14-6-8-15(22)9-7-14/h5-11H,12H2,1-4H3. The van der Waals surface area contributed by atoms with Crippen LogP contribution in [0.4, 0.5) is 9.18 Å². The Labute approximate surface area is 177 Å². The SMILES string of the molecule is CN(C(=O)OC(C)(C)C)S(=O)(=O)Cc1ccc(C(=O)c2ccc(F)cc2)c(Br)c1. The van der Waals surface area contributed by atoms with Crippen LogP contribution in [0.15, 0.2) is 46.9 Å². The molecule has 0 aliphatic carbocycles. The van der Waals surface area contributed by atoms with Gasteiger partial charge in [0.05, 0.1) is 5.75 Å². The lowest BCUT2D eigenvalue weighted by Gasteiger charge is -2.24. The summed E-state index contributed by atoms with van der Waals surface area (Å²) in [5.41, 5.74) is 0.157. The molecular weight excluding hydrogens is 465 g/mol. The van der Waals surface area contributed by atoms with Crippen LogP contribution in [0.3, 0.4) is 0 Å². The first-order chi connectivity index (χ1) is 13.3. The van der Waals surface area contributed by atoms with Crippen LogP contribution in [0, 0.1) is 5.82 Å². The minimum Gasteiger partial charge on any atom is -0.443 e. The molecule has 29 heavy (non-hydrogen) atoms. The van der Waals surface area contributed by atoms with Crippen LogP contribution in [-0.4, -0.2) is 37.2 Å². The number of carbonyl (C=O) groups is 2. The Bertz CT molecular complexity index is 1030. The van der Waals surface area contributed by atoms with E-state index in [4.69, 9.17) is 4.74 Å². The first-order valence-corrected chi connectivity index (χ1v) is 11.0. The van der Waals surface area contributed by atoms with Gasteiger partial charge in [0.15, 0.2) is 5.78 Å². The van der Waals surface area contributed by atoms with E-state index < -0.39 is 33.3 Å². The Balaban J connectivity index is 2.20. The van der Waals surface area contributed by atoms with Crippen molar-refractivity contribution in [3.8, 4) is 0 Å². The van der Waals surface area contributed by atoms with Gasteiger partial charge in [-0.05, 0) is 62.7 Å². The molecule has 9 heteroatoms. The third-order valence-corrected chi connectivity index (χ3v) is 6.14. The second-order valence-electron chi connectivity index (χ2n) is 7.35. The number of amides is 1. The smallest absolute Gasteiger partial charge is 0.423 e. The Morgan fingerprint density at radius 1 is 1.10 bits per heavy atom. The highest BCUT2D eigenvalue weighted by atomic mass is 79.9. The molecule has 0 fully saturated rings. The van der Waals surface area contributed by atoms with E-state index in [0.29, 0.717) is 25.5 Å². The highest BCUT2D eigenvalue weighted by Gasteiger charge is 2.28. The van der Waals surface area contributed by atoms with Gasteiger partial charge in [0.1, 0.15) is 11.4 Å². The fourth-order valence-corrected chi connectivity index (χ4v) is 4.00. The second kappa shape index (κ2) is 8.62. The van der Waals surface area contributed by atoms with E-state index in [-0.39, 0.29) is 5.78 Å². The van der Waals surface area contributed by atoms with Crippen molar-refractivity contribution in [3.63, 3.8) is 0 Å². The van der Waals surface area contributed by atoms with E-state index in [2.05, 4.69) is 15.9 Å². The van der Waals surface area contributed by atoms with E-state index in [9.17, 15) is 22.4 Å². The van der Waals surface area contributed by atoms with Crippen LogP contribution >= 0.6 is 15.9 Å². The minimum absolute atomic E-state index is 0.303. The zero-order valence-corrected chi connectivity index (χ0v) is 18.8. The molecule has 0 spiro atoms. The number of ether oxygens (including phenoxy) is 1. The number of ketones is 1. The first kappa shape index (κ1) is 23.0. The molecule has 156 valence electrons. The molecule has 0 aromatic heterocycles. The van der Waals surface area contributed by atoms with Crippen LogP contribution < -0.4 is 0 Å². The van der Waals surface area contributed by atoms with E-state index in [1.165, 1.54) is 42.5 Å². The van der Waals surface area contributed by atoms with Crippen molar-refractivity contribution in [3.05, 3.63) is 69.4 Å². The lowest BCUT2D eigenvalue weighted by molar-refractivity contribution is 0.0420. The summed E-state index contributed by atoms with van der Waals surface area (Å²) in [7, 11) is -2.85. The van der Waals surface area contributed by atoms with Crippen molar-refractivity contribution in [2.75, 3.05) is 7.05 Å². The average molecular weight is 486 g/mol. The lowest BCUT2D eigenvalue weighted by Crippen LogP contribution is -2.38. The van der Waals surface area contributed by atoms with E-state index >= 15 is 0 Å². The number of sulfonamides is 1. The van der Waals surface area contributed by atoms with E-state index in [0.717, 1.165) is 7.05 Å². The van der Waals surface area contributed by atoms with Gasteiger partial charge in [0, 0.05) is 22.6 Å². The molecule has 0 atom stereocenters. The topological polar surface area (TPSA) is 80.8 Å². The Morgan fingerprint density at radius 3 is 2.21 bits per heavy atom. The van der Waals surface area contributed by atoms with Crippen molar-refractivity contribution >= 4 is 37.8 Å². The summed E-state index contributed by atoms with van der Waals surface area (Å²) >= 11 is 3.28. The highest BCUT2D eigenvalue weighted by molar-refractivity contribution is 9.10. The first-order valence-electron chi connectivity index (χ1n) is 8.58. The second-order valence-corrected chi connectivity index (χ2v) is 10.2. The lowest BCUT2D eigenvalue weighted by atomic mass is 10.0. The number of carbonyl (C=O) groups excluding carboxylic acids is 2. The maximum absolute atomic E-state index is 13.0. The predicted molar refractivity (Wildman–Crippen MR) is 111 cm³/mol. The molecule has 0 N–H and O–H groups in total. The van der Waals surface area contributed by atoms with Gasteiger partial charge in [-0.2, -0.15) is 0 Å². The maximum Gasteiger partial charge on any atom is 0.423 e. The fraction of sp³-hybridized carbons (Fsp3) is 0.300. The summed E-state index contributed by atoms with van der Waals surface area (Å²) in [6.45, 7) is 4.91. The molecule has 6 nitrogen and oxygen atoms in total. The maximum atomic E-state index is 13.0. The number of hydrogen-bond donors (Lipinski definition) is 0. The summed E-state index contributed by atoms with van der Waals surface area (Å²) in [5.74, 6) is -1.24. The minimum atomic E-state index is -3.98. The molecule has 0 unspecified atom stereocenters. The zero-order valence-electron chi connectivity index (χ0n) is 16.4. The van der Waals surface area contributed by atoms with E-state index in [1.807, 2.05) is 0 Å². The third-order valence-electron chi connectivity index (χ3n) is 3.80. The van der Waals surface area contributed by atoms with Crippen molar-refractivity contribution in [2.24, 2.45) is 0 Å². The summed E-state index contributed by atoms with van der Waals surface area (Å²) in [4.78, 5) is 24.6. The van der Waals surface area contributed by atoms with Crippen LogP contribution in [-0.2, 0) is 20.5 Å². The van der Waals surface area contributed by atoms with Crippen molar-refractivity contribution < 1.29 is 27.1 Å². The average Bonchev–Trinajstić information content (AvgIpc) is 2.59. The highest BCUT2D eigenvalue weighted by Crippen LogP contribution is 2.24. The molecule has 0 heterocycles. The number of rotatable bonds is 5. The molecule has 0 saturated heterocycles. The van der Waals surface area contributed by atoms with Crippen LogP contribution in [0.1, 0.15) is 42.3 Å². The molecule has 0 bridgehead atoms. The summed E-state index contributed by atoms with van der Waals surface area (Å²) < 4.78 is 44.1. The Kier molecular flexibility index (Phi) is 6.85. The zero-order chi connectivity index (χ0) is 22.0. The molecule has 0 radical (unpaired) electrons. The van der Waals surface area contributed by atoms with Crippen molar-refractivity contribution in [1.82, 2.24) is 4.31 Å². The molecule has 0 aliphatic rings. The summed E-state index contributed by atoms with van der Waals surface area (Å²) in [5, 5.41) is 0. The largest absolute Gasteiger partial charge is 0.443 e. The number of halogens is 2. The normalized spacial score (nSPS) is 11.8. The molecule has 0 aliphatic heterocycles. The molecular formula is C20H21BrFNO5S. The fourth-order valence-electron chi connectivity index (χ4n) is 2.34. The number of benzene rings is 2. The van der Waals surface area contributed by atoms with Gasteiger partial charge < -0.3 is 4.74 Å². The van der Waals surface area contributed by atoms with Crippen molar-refractivity contribution in [2.45, 2.75) is 32.1 Å². The van der Waals surface area contributed by atoms with E-state index in [1.54, 1.807) is 20.8 Å². The molecule has 2 rings (SSSR count). The van der Waals surface area contributed by atoms with Crippen LogP contribution in [0.2, 0.25) is 0 Å². The van der Waals surface area contributed by atoms with Gasteiger partial charge in [-0.1, -0.05) is 22.0 Å². The number of nitrogens with zero attached hydrogens (tertiary/aromatic N) is 1. The van der Waals surface area contributed by atoms with Gasteiger partial charge in [-0.15, -0.1) is 0 Å². The van der Waals surface area contributed by atoms with Gasteiger partial charge in [-0.3, -0.25) is 4.79 Å². The van der Waals surface area contributed by atoms with Gasteiger partial charge in [0.25, 0.3) is 0 Å². The summed E-state index contributed by atoms with van der Waals surface area (Å²) in [6, 6.07) is 9.59. The molecule has 2 aromatic carbocycles. The molecule has 1 amide bonds. The van der Waals surface area contributed by atoms with Gasteiger partial charge in [0.2, 0.25) is 10.0 Å². The predicted octanol–water partition coefficient (Wildman–Crippen LogP) is 4.52. The Hall–Kier alpha value is -2.26. The van der Waals surface area contributed by atoms with Crippen LogP contribution in [0.5, 0.6) is 0 Å². The number of hydrogen-bond acceptors (Lipinski definition) is 5.